The molecule has 0 spiro atoms. The maximum atomic E-state index is 10.4. The van der Waals surface area contributed by atoms with Crippen molar-refractivity contribution in [1.82, 2.24) is 0 Å². The molecule has 0 N–H and O–H groups in total. The lowest BCUT2D eigenvalue weighted by molar-refractivity contribution is 0.112. The summed E-state index contributed by atoms with van der Waals surface area (Å²) in [6, 6.07) is 5.23. The molecule has 0 aliphatic rings. The molecule has 0 saturated carbocycles. The van der Waals surface area contributed by atoms with Crippen LogP contribution in [0.15, 0.2) is 18.2 Å². The highest BCUT2D eigenvalue weighted by molar-refractivity contribution is 6.33. The van der Waals surface area contributed by atoms with Gasteiger partial charge >= 0.3 is 0 Å². The van der Waals surface area contributed by atoms with E-state index in [0.29, 0.717) is 17.2 Å². The molecule has 0 aliphatic carbocycles. The Hall–Kier alpha value is -0.860. The van der Waals surface area contributed by atoms with Gasteiger partial charge in [0.2, 0.25) is 0 Å². The van der Waals surface area contributed by atoms with Gasteiger partial charge in [0.25, 0.3) is 0 Å². The summed E-state index contributed by atoms with van der Waals surface area (Å²) in [6.07, 6.45) is 0.735. The summed E-state index contributed by atoms with van der Waals surface area (Å²) >= 11 is 5.78. The Labute approximate surface area is 76.1 Å². The van der Waals surface area contributed by atoms with Crippen molar-refractivity contribution in [2.45, 2.75) is 6.61 Å². The van der Waals surface area contributed by atoms with E-state index in [1.165, 1.54) is 0 Å². The Morgan fingerprint density at radius 1 is 1.58 bits per heavy atom. The van der Waals surface area contributed by atoms with E-state index in [4.69, 9.17) is 16.3 Å². The number of benzene rings is 1. The number of aldehydes is 1. The molecule has 3 heteroatoms. The van der Waals surface area contributed by atoms with Crippen LogP contribution in [0, 0.1) is 0 Å². The van der Waals surface area contributed by atoms with Gasteiger partial charge in [0.15, 0.2) is 6.29 Å². The van der Waals surface area contributed by atoms with Crippen molar-refractivity contribution in [3.8, 4) is 0 Å². The number of rotatable bonds is 3. The van der Waals surface area contributed by atoms with Crippen molar-refractivity contribution in [3.05, 3.63) is 34.3 Å². The van der Waals surface area contributed by atoms with Crippen molar-refractivity contribution in [3.63, 3.8) is 0 Å². The van der Waals surface area contributed by atoms with Gasteiger partial charge in [-0.3, -0.25) is 4.79 Å². The first-order valence-corrected chi connectivity index (χ1v) is 3.88. The first-order valence-electron chi connectivity index (χ1n) is 3.50. The number of ether oxygens (including phenoxy) is 1. The van der Waals surface area contributed by atoms with Crippen LogP contribution in [0.2, 0.25) is 5.02 Å². The second kappa shape index (κ2) is 4.24. The third kappa shape index (κ3) is 2.06. The molecule has 0 aliphatic heterocycles. The SMILES string of the molecule is COCc1ccc(C=O)c(Cl)c1. The van der Waals surface area contributed by atoms with Crippen LogP contribution in [0.3, 0.4) is 0 Å². The highest BCUT2D eigenvalue weighted by Crippen LogP contribution is 2.16. The van der Waals surface area contributed by atoms with Gasteiger partial charge in [-0.2, -0.15) is 0 Å². The molecule has 0 aromatic heterocycles. The molecule has 0 radical (unpaired) electrons. The zero-order chi connectivity index (χ0) is 8.97. The monoisotopic (exact) mass is 184 g/mol. The summed E-state index contributed by atoms with van der Waals surface area (Å²) in [5.41, 5.74) is 1.48. The zero-order valence-electron chi connectivity index (χ0n) is 6.71. The third-order valence-corrected chi connectivity index (χ3v) is 1.83. The van der Waals surface area contributed by atoms with Gasteiger partial charge in [-0.1, -0.05) is 17.7 Å². The largest absolute Gasteiger partial charge is 0.380 e. The number of carbonyl (C=O) groups excluding carboxylic acids is 1. The molecular formula is C9H9ClO2. The Kier molecular flexibility index (Phi) is 3.26. The quantitative estimate of drug-likeness (QED) is 0.674. The molecule has 64 valence electrons. The van der Waals surface area contributed by atoms with E-state index < -0.39 is 0 Å². The number of hydrogen-bond acceptors (Lipinski definition) is 2. The first-order chi connectivity index (χ1) is 5.77. The summed E-state index contributed by atoms with van der Waals surface area (Å²) in [5, 5.41) is 0.472. The molecule has 0 saturated heterocycles. The normalized spacial score (nSPS) is 9.83. The third-order valence-electron chi connectivity index (χ3n) is 1.50. The molecule has 0 fully saturated rings. The maximum absolute atomic E-state index is 10.4. The molecular weight excluding hydrogens is 176 g/mol. The summed E-state index contributed by atoms with van der Waals surface area (Å²) in [4.78, 5) is 10.4. The van der Waals surface area contributed by atoms with Crippen LogP contribution in [0.1, 0.15) is 15.9 Å². The number of carbonyl (C=O) groups is 1. The van der Waals surface area contributed by atoms with Gasteiger partial charge in [0.05, 0.1) is 11.6 Å². The van der Waals surface area contributed by atoms with Crippen LogP contribution in [-0.4, -0.2) is 13.4 Å². The van der Waals surface area contributed by atoms with Crippen molar-refractivity contribution < 1.29 is 9.53 Å². The minimum absolute atomic E-state index is 0.472. The Balaban J connectivity index is 2.93. The lowest BCUT2D eigenvalue weighted by Gasteiger charge is -2.01. The Bertz CT molecular complexity index is 284. The highest BCUT2D eigenvalue weighted by atomic mass is 35.5. The van der Waals surface area contributed by atoms with Gasteiger partial charge in [-0.15, -0.1) is 0 Å². The van der Waals surface area contributed by atoms with Crippen molar-refractivity contribution in [1.29, 1.82) is 0 Å². The van der Waals surface area contributed by atoms with E-state index >= 15 is 0 Å². The number of hydrogen-bond donors (Lipinski definition) is 0. The maximum Gasteiger partial charge on any atom is 0.151 e. The minimum Gasteiger partial charge on any atom is -0.380 e. The summed E-state index contributed by atoms with van der Waals surface area (Å²) in [7, 11) is 1.61. The Morgan fingerprint density at radius 2 is 2.33 bits per heavy atom. The van der Waals surface area contributed by atoms with Gasteiger partial charge < -0.3 is 4.74 Å². The second-order valence-corrected chi connectivity index (χ2v) is 2.81. The van der Waals surface area contributed by atoms with E-state index in [2.05, 4.69) is 0 Å². The zero-order valence-corrected chi connectivity index (χ0v) is 7.47. The smallest absolute Gasteiger partial charge is 0.151 e. The van der Waals surface area contributed by atoms with Gasteiger partial charge in [-0.05, 0) is 17.7 Å². The Morgan fingerprint density at radius 3 is 2.83 bits per heavy atom. The molecule has 0 amide bonds. The van der Waals surface area contributed by atoms with Crippen LogP contribution < -0.4 is 0 Å². The van der Waals surface area contributed by atoms with E-state index in [0.717, 1.165) is 11.8 Å². The summed E-state index contributed by atoms with van der Waals surface area (Å²) in [5.74, 6) is 0. The van der Waals surface area contributed by atoms with Crippen LogP contribution in [0.4, 0.5) is 0 Å². The fourth-order valence-electron chi connectivity index (χ4n) is 0.923. The predicted octanol–water partition coefficient (Wildman–Crippen LogP) is 2.30. The lowest BCUT2D eigenvalue weighted by Crippen LogP contribution is -1.89. The highest BCUT2D eigenvalue weighted by Gasteiger charge is 1.99. The molecule has 0 atom stereocenters. The first kappa shape index (κ1) is 9.23. The van der Waals surface area contributed by atoms with Gasteiger partial charge in [0, 0.05) is 12.7 Å². The number of halogens is 1. The molecule has 1 aromatic rings. The van der Waals surface area contributed by atoms with Crippen LogP contribution in [0.25, 0.3) is 0 Å². The minimum atomic E-state index is 0.472. The predicted molar refractivity (Wildman–Crippen MR) is 47.6 cm³/mol. The summed E-state index contributed by atoms with van der Waals surface area (Å²) < 4.78 is 4.91. The molecule has 2 nitrogen and oxygen atoms in total. The molecule has 1 aromatic carbocycles. The molecule has 1 rings (SSSR count). The fourth-order valence-corrected chi connectivity index (χ4v) is 1.17. The standard InChI is InChI=1S/C9H9ClO2/c1-12-6-7-2-3-8(5-11)9(10)4-7/h2-5H,6H2,1H3. The summed E-state index contributed by atoms with van der Waals surface area (Å²) in [6.45, 7) is 0.513. The van der Waals surface area contributed by atoms with E-state index in [1.54, 1.807) is 19.2 Å². The second-order valence-electron chi connectivity index (χ2n) is 2.41. The fraction of sp³-hybridized carbons (Fsp3) is 0.222. The molecule has 12 heavy (non-hydrogen) atoms. The van der Waals surface area contributed by atoms with E-state index in [-0.39, 0.29) is 0 Å². The van der Waals surface area contributed by atoms with Gasteiger partial charge in [-0.25, -0.2) is 0 Å². The topological polar surface area (TPSA) is 26.3 Å². The lowest BCUT2D eigenvalue weighted by atomic mass is 10.1. The van der Waals surface area contributed by atoms with E-state index in [9.17, 15) is 4.79 Å². The molecule has 0 unspecified atom stereocenters. The van der Waals surface area contributed by atoms with Crippen molar-refractivity contribution >= 4 is 17.9 Å². The molecule has 0 bridgehead atoms. The average molecular weight is 185 g/mol. The van der Waals surface area contributed by atoms with Crippen LogP contribution >= 0.6 is 11.6 Å². The van der Waals surface area contributed by atoms with Gasteiger partial charge in [0.1, 0.15) is 0 Å². The molecule has 0 heterocycles. The van der Waals surface area contributed by atoms with Crippen LogP contribution in [-0.2, 0) is 11.3 Å². The average Bonchev–Trinajstić information content (AvgIpc) is 2.05. The van der Waals surface area contributed by atoms with Crippen molar-refractivity contribution in [2.24, 2.45) is 0 Å². The van der Waals surface area contributed by atoms with Crippen LogP contribution in [0.5, 0.6) is 0 Å². The van der Waals surface area contributed by atoms with E-state index in [1.807, 2.05) is 6.07 Å². The number of methoxy groups -OCH3 is 1. The van der Waals surface area contributed by atoms with Crippen molar-refractivity contribution in [2.75, 3.05) is 7.11 Å².